The Labute approximate surface area is 138 Å². The fraction of sp³-hybridized carbons (Fsp3) is 0.176. The number of carboxylic acid groups (broad SMARTS) is 1. The fourth-order valence-corrected chi connectivity index (χ4v) is 2.18. The van der Waals surface area contributed by atoms with Crippen LogP contribution in [0.2, 0.25) is 0 Å². The second-order valence-electron chi connectivity index (χ2n) is 5.05. The van der Waals surface area contributed by atoms with Crippen LogP contribution in [0.5, 0.6) is 5.75 Å². The van der Waals surface area contributed by atoms with Crippen LogP contribution in [0, 0.1) is 10.1 Å². The first-order valence-corrected chi connectivity index (χ1v) is 7.28. The van der Waals surface area contributed by atoms with Crippen LogP contribution < -0.4 is 0 Å². The second-order valence-corrected chi connectivity index (χ2v) is 5.05. The Hall–Kier alpha value is -3.22. The monoisotopic (exact) mass is 328 g/mol. The van der Waals surface area contributed by atoms with Crippen molar-refractivity contribution < 1.29 is 19.9 Å². The molecule has 2 aromatic rings. The van der Waals surface area contributed by atoms with Gasteiger partial charge in [0.1, 0.15) is 5.75 Å². The molecule has 124 valence electrons. The number of aliphatic imine (C=N–C) groups is 1. The van der Waals surface area contributed by atoms with E-state index in [-0.39, 0.29) is 30.0 Å². The minimum absolute atomic E-state index is 0.0213. The number of carboxylic acids is 1. The largest absolute Gasteiger partial charge is 0.507 e. The first-order valence-electron chi connectivity index (χ1n) is 7.28. The minimum Gasteiger partial charge on any atom is -0.507 e. The summed E-state index contributed by atoms with van der Waals surface area (Å²) < 4.78 is 0. The highest BCUT2D eigenvalue weighted by molar-refractivity contribution is 6.14. The molecule has 0 fully saturated rings. The number of phenols is 1. The Morgan fingerprint density at radius 1 is 1.17 bits per heavy atom. The Kier molecular flexibility index (Phi) is 5.62. The molecule has 0 saturated carbocycles. The third kappa shape index (κ3) is 4.39. The van der Waals surface area contributed by atoms with Gasteiger partial charge in [-0.05, 0) is 12.5 Å². The highest BCUT2D eigenvalue weighted by Crippen LogP contribution is 2.26. The van der Waals surface area contributed by atoms with Gasteiger partial charge in [-0.3, -0.25) is 19.9 Å². The molecule has 7 heteroatoms. The number of rotatable bonds is 7. The van der Waals surface area contributed by atoms with E-state index < -0.39 is 10.9 Å². The topological polar surface area (TPSA) is 113 Å². The van der Waals surface area contributed by atoms with E-state index in [4.69, 9.17) is 5.11 Å². The molecule has 2 aromatic carbocycles. The molecule has 2 N–H and O–H groups in total. The van der Waals surface area contributed by atoms with Crippen LogP contribution in [-0.2, 0) is 4.79 Å². The maximum absolute atomic E-state index is 11.0. The Balaban J connectivity index is 2.43. The molecule has 0 heterocycles. The predicted molar refractivity (Wildman–Crippen MR) is 88.6 cm³/mol. The molecular formula is C17H16N2O5. The average Bonchev–Trinajstić information content (AvgIpc) is 2.56. The fourth-order valence-electron chi connectivity index (χ4n) is 2.18. The summed E-state index contributed by atoms with van der Waals surface area (Å²) in [5.74, 6) is -1.04. The number of carbonyl (C=O) groups is 1. The van der Waals surface area contributed by atoms with Gasteiger partial charge in [-0.25, -0.2) is 0 Å². The number of nitrogens with zero attached hydrogens (tertiary/aromatic N) is 2. The lowest BCUT2D eigenvalue weighted by molar-refractivity contribution is -0.384. The van der Waals surface area contributed by atoms with Gasteiger partial charge in [-0.15, -0.1) is 0 Å². The maximum atomic E-state index is 11.0. The molecule has 24 heavy (non-hydrogen) atoms. The summed E-state index contributed by atoms with van der Waals surface area (Å²) in [6.07, 6.45) is 0.313. The molecule has 0 spiro atoms. The van der Waals surface area contributed by atoms with E-state index in [0.29, 0.717) is 17.7 Å². The van der Waals surface area contributed by atoms with Crippen LogP contribution in [0.15, 0.2) is 53.5 Å². The quantitative estimate of drug-likeness (QED) is 0.351. The summed E-state index contributed by atoms with van der Waals surface area (Å²) in [6, 6.07) is 12.7. The van der Waals surface area contributed by atoms with Crippen molar-refractivity contribution in [1.29, 1.82) is 0 Å². The van der Waals surface area contributed by atoms with Gasteiger partial charge in [0.05, 0.1) is 10.6 Å². The minimum atomic E-state index is -0.912. The number of phenolic OH excluding ortho intramolecular Hbond substituents is 1. The van der Waals surface area contributed by atoms with Crippen LogP contribution in [-0.4, -0.2) is 33.4 Å². The molecule has 0 saturated heterocycles. The van der Waals surface area contributed by atoms with Crippen LogP contribution in [0.3, 0.4) is 0 Å². The summed E-state index contributed by atoms with van der Waals surface area (Å²) in [5, 5.41) is 29.8. The smallest absolute Gasteiger partial charge is 0.303 e. The normalized spacial score (nSPS) is 11.2. The molecule has 0 aliphatic heterocycles. The highest BCUT2D eigenvalue weighted by atomic mass is 16.6. The lowest BCUT2D eigenvalue weighted by atomic mass is 10.0. The molecule has 0 atom stereocenters. The third-order valence-electron chi connectivity index (χ3n) is 3.31. The Morgan fingerprint density at radius 3 is 2.50 bits per heavy atom. The Bertz CT molecular complexity index is 772. The van der Waals surface area contributed by atoms with Gasteiger partial charge < -0.3 is 10.2 Å². The highest BCUT2D eigenvalue weighted by Gasteiger charge is 2.16. The first-order chi connectivity index (χ1) is 11.5. The molecule has 0 bridgehead atoms. The van der Waals surface area contributed by atoms with Crippen molar-refractivity contribution in [2.75, 3.05) is 6.54 Å². The van der Waals surface area contributed by atoms with E-state index in [0.717, 1.165) is 0 Å². The molecule has 7 nitrogen and oxygen atoms in total. The van der Waals surface area contributed by atoms with Gasteiger partial charge in [0.2, 0.25) is 0 Å². The second kappa shape index (κ2) is 7.87. The van der Waals surface area contributed by atoms with Crippen LogP contribution >= 0.6 is 0 Å². The van der Waals surface area contributed by atoms with E-state index in [2.05, 4.69) is 4.99 Å². The van der Waals surface area contributed by atoms with E-state index >= 15 is 0 Å². The van der Waals surface area contributed by atoms with E-state index in [1.807, 2.05) is 6.07 Å². The number of nitro benzene ring substituents is 1. The Morgan fingerprint density at radius 2 is 1.88 bits per heavy atom. The molecule has 0 aliphatic carbocycles. The number of hydrogen-bond donors (Lipinski definition) is 2. The van der Waals surface area contributed by atoms with Crippen LogP contribution in [0.25, 0.3) is 0 Å². The van der Waals surface area contributed by atoms with Crippen molar-refractivity contribution in [3.8, 4) is 5.75 Å². The van der Waals surface area contributed by atoms with Gasteiger partial charge in [0.15, 0.2) is 0 Å². The lowest BCUT2D eigenvalue weighted by Gasteiger charge is -2.09. The van der Waals surface area contributed by atoms with Crippen LogP contribution in [0.1, 0.15) is 24.0 Å². The maximum Gasteiger partial charge on any atom is 0.303 e. The van der Waals surface area contributed by atoms with Crippen molar-refractivity contribution in [2.45, 2.75) is 12.8 Å². The zero-order valence-electron chi connectivity index (χ0n) is 12.8. The number of aromatic hydroxyl groups is 1. The molecule has 0 aliphatic rings. The van der Waals surface area contributed by atoms with Crippen molar-refractivity contribution in [3.05, 3.63) is 69.8 Å². The molecule has 0 radical (unpaired) electrons. The van der Waals surface area contributed by atoms with Gasteiger partial charge in [-0.2, -0.15) is 0 Å². The third-order valence-corrected chi connectivity index (χ3v) is 3.31. The number of benzene rings is 2. The molecule has 0 aromatic heterocycles. The van der Waals surface area contributed by atoms with E-state index in [1.54, 1.807) is 24.3 Å². The van der Waals surface area contributed by atoms with Crippen molar-refractivity contribution in [2.24, 2.45) is 4.99 Å². The van der Waals surface area contributed by atoms with E-state index in [1.165, 1.54) is 18.2 Å². The first kappa shape index (κ1) is 17.1. The number of non-ortho nitro benzene ring substituents is 1. The molecular weight excluding hydrogens is 312 g/mol. The van der Waals surface area contributed by atoms with E-state index in [9.17, 15) is 20.0 Å². The predicted octanol–water partition coefficient (Wildman–Crippen LogP) is 3.00. The van der Waals surface area contributed by atoms with Gasteiger partial charge >= 0.3 is 5.97 Å². The van der Waals surface area contributed by atoms with Crippen molar-refractivity contribution in [3.63, 3.8) is 0 Å². The number of nitro groups is 1. The zero-order chi connectivity index (χ0) is 17.5. The standard InChI is InChI=1S/C17H16N2O5/c20-15-9-8-13(19(23)24)11-14(15)17(12-5-2-1-3-6-12)18-10-4-7-16(21)22/h1-3,5-6,8-9,11,20H,4,7,10H2,(H,21,22). The SMILES string of the molecule is O=C(O)CCCN=C(c1ccccc1)c1cc([N+](=O)[O-])ccc1O. The number of aliphatic carboxylic acids is 1. The zero-order valence-corrected chi connectivity index (χ0v) is 12.8. The molecule has 0 amide bonds. The van der Waals surface area contributed by atoms with Crippen molar-refractivity contribution >= 4 is 17.4 Å². The summed E-state index contributed by atoms with van der Waals surface area (Å²) in [4.78, 5) is 25.4. The van der Waals surface area contributed by atoms with Gasteiger partial charge in [0.25, 0.3) is 5.69 Å². The molecule has 0 unspecified atom stereocenters. The summed E-state index contributed by atoms with van der Waals surface area (Å²) in [7, 11) is 0. The lowest BCUT2D eigenvalue weighted by Crippen LogP contribution is -2.06. The summed E-state index contributed by atoms with van der Waals surface area (Å²) in [6.45, 7) is 0.235. The summed E-state index contributed by atoms with van der Waals surface area (Å²) >= 11 is 0. The molecule has 2 rings (SSSR count). The van der Waals surface area contributed by atoms with Gasteiger partial charge in [-0.1, -0.05) is 30.3 Å². The van der Waals surface area contributed by atoms with Crippen LogP contribution in [0.4, 0.5) is 5.69 Å². The summed E-state index contributed by atoms with van der Waals surface area (Å²) in [5.41, 5.74) is 1.16. The average molecular weight is 328 g/mol. The number of hydrogen-bond acceptors (Lipinski definition) is 5. The van der Waals surface area contributed by atoms with Crippen molar-refractivity contribution in [1.82, 2.24) is 0 Å². The van der Waals surface area contributed by atoms with Gasteiger partial charge in [0, 0.05) is 36.2 Å².